The number of allylic oxidation sites excluding steroid dienone is 18. The molecule has 0 radical (unpaired) electrons. The van der Waals surface area contributed by atoms with Crippen LogP contribution in [-0.2, 0) is 28.6 Å². The van der Waals surface area contributed by atoms with Crippen molar-refractivity contribution in [2.75, 3.05) is 13.2 Å². The molecule has 0 saturated heterocycles. The lowest BCUT2D eigenvalue weighted by Crippen LogP contribution is -2.30. The normalized spacial score (nSPS) is 12.9. The van der Waals surface area contributed by atoms with Gasteiger partial charge in [-0.3, -0.25) is 14.4 Å². The molecule has 70 heavy (non-hydrogen) atoms. The smallest absolute Gasteiger partial charge is 0.306 e. The summed E-state index contributed by atoms with van der Waals surface area (Å²) in [6.45, 7) is 6.36. The van der Waals surface area contributed by atoms with Gasteiger partial charge in [0.1, 0.15) is 13.2 Å². The summed E-state index contributed by atoms with van der Waals surface area (Å²) < 4.78 is 16.8. The van der Waals surface area contributed by atoms with E-state index in [1.807, 2.05) is 0 Å². The van der Waals surface area contributed by atoms with Gasteiger partial charge in [0, 0.05) is 19.3 Å². The molecule has 0 heterocycles. The van der Waals surface area contributed by atoms with E-state index < -0.39 is 6.10 Å². The fourth-order valence-electron chi connectivity index (χ4n) is 7.72. The quantitative estimate of drug-likeness (QED) is 0.0262. The Morgan fingerprint density at radius 3 is 0.929 bits per heavy atom. The van der Waals surface area contributed by atoms with Crippen LogP contribution >= 0.6 is 0 Å². The average molecular weight is 972 g/mol. The molecule has 0 rings (SSSR count). The number of esters is 3. The predicted octanol–water partition coefficient (Wildman–Crippen LogP) is 19.5. The fraction of sp³-hybridized carbons (Fsp3) is 0.672. The van der Waals surface area contributed by atoms with Crippen LogP contribution in [0.25, 0.3) is 0 Å². The minimum Gasteiger partial charge on any atom is -0.462 e. The average Bonchev–Trinajstić information content (AvgIpc) is 3.36. The van der Waals surface area contributed by atoms with Crippen LogP contribution in [0.2, 0.25) is 0 Å². The van der Waals surface area contributed by atoms with Gasteiger partial charge in [0.2, 0.25) is 0 Å². The zero-order valence-corrected chi connectivity index (χ0v) is 45.5. The van der Waals surface area contributed by atoms with Crippen LogP contribution in [0, 0.1) is 0 Å². The van der Waals surface area contributed by atoms with Gasteiger partial charge >= 0.3 is 17.9 Å². The van der Waals surface area contributed by atoms with Crippen molar-refractivity contribution in [1.82, 2.24) is 0 Å². The van der Waals surface area contributed by atoms with E-state index >= 15 is 0 Å². The molecular weight excluding hydrogens is 865 g/mol. The minimum absolute atomic E-state index is 0.107. The van der Waals surface area contributed by atoms with Gasteiger partial charge in [-0.1, -0.05) is 233 Å². The minimum atomic E-state index is -0.816. The third-order valence-corrected chi connectivity index (χ3v) is 12.0. The van der Waals surface area contributed by atoms with Gasteiger partial charge in [-0.25, -0.2) is 0 Å². The first-order valence-electron chi connectivity index (χ1n) is 28.9. The van der Waals surface area contributed by atoms with Crippen molar-refractivity contribution < 1.29 is 28.6 Å². The van der Waals surface area contributed by atoms with Gasteiger partial charge in [-0.15, -0.1) is 0 Å². The van der Waals surface area contributed by atoms with E-state index in [1.54, 1.807) is 0 Å². The van der Waals surface area contributed by atoms with Gasteiger partial charge in [0.15, 0.2) is 6.10 Å². The molecule has 0 fully saturated rings. The molecule has 0 spiro atoms. The molecule has 0 N–H and O–H groups in total. The number of unbranched alkanes of at least 4 members (excludes halogenated alkanes) is 22. The molecule has 0 aromatic rings. The van der Waals surface area contributed by atoms with Crippen LogP contribution in [0.1, 0.15) is 258 Å². The Kier molecular flexibility index (Phi) is 54.4. The summed E-state index contributed by atoms with van der Waals surface area (Å²) in [6, 6.07) is 0. The zero-order chi connectivity index (χ0) is 50.7. The van der Waals surface area contributed by atoms with E-state index in [-0.39, 0.29) is 37.5 Å². The Balaban J connectivity index is 4.50. The van der Waals surface area contributed by atoms with Crippen LogP contribution in [0.3, 0.4) is 0 Å². The van der Waals surface area contributed by atoms with Gasteiger partial charge < -0.3 is 14.2 Å². The second kappa shape index (κ2) is 57.6. The first kappa shape index (κ1) is 66.1. The molecule has 0 bridgehead atoms. The molecule has 0 amide bonds. The number of rotatable bonds is 51. The van der Waals surface area contributed by atoms with Crippen molar-refractivity contribution in [1.29, 1.82) is 0 Å². The molecule has 0 aliphatic heterocycles. The van der Waals surface area contributed by atoms with Crippen molar-refractivity contribution in [2.24, 2.45) is 0 Å². The van der Waals surface area contributed by atoms with Crippen LogP contribution in [0.4, 0.5) is 0 Å². The summed E-state index contributed by atoms with van der Waals surface area (Å²) in [4.78, 5) is 38.2. The second-order valence-electron chi connectivity index (χ2n) is 18.8. The van der Waals surface area contributed by atoms with E-state index in [2.05, 4.69) is 130 Å². The lowest BCUT2D eigenvalue weighted by molar-refractivity contribution is -0.167. The van der Waals surface area contributed by atoms with Crippen LogP contribution in [0.5, 0.6) is 0 Å². The molecule has 0 aliphatic carbocycles. The maximum absolute atomic E-state index is 12.8. The van der Waals surface area contributed by atoms with E-state index in [4.69, 9.17) is 14.2 Å². The van der Waals surface area contributed by atoms with Gasteiger partial charge in [0.25, 0.3) is 0 Å². The summed E-state index contributed by atoms with van der Waals surface area (Å²) in [5.41, 5.74) is 0. The molecule has 398 valence electrons. The Labute approximate surface area is 431 Å². The summed E-state index contributed by atoms with van der Waals surface area (Å²) in [5, 5.41) is 0. The third-order valence-electron chi connectivity index (χ3n) is 12.0. The van der Waals surface area contributed by atoms with Crippen molar-refractivity contribution in [3.05, 3.63) is 109 Å². The van der Waals surface area contributed by atoms with Gasteiger partial charge in [-0.05, 0) is 116 Å². The van der Waals surface area contributed by atoms with Crippen molar-refractivity contribution in [2.45, 2.75) is 264 Å². The van der Waals surface area contributed by atoms with E-state index in [9.17, 15) is 14.4 Å². The number of carbonyl (C=O) groups is 3. The molecule has 6 nitrogen and oxygen atoms in total. The molecular formula is C64H106O6. The van der Waals surface area contributed by atoms with E-state index in [1.165, 1.54) is 109 Å². The number of ether oxygens (including phenoxy) is 3. The first-order valence-corrected chi connectivity index (χ1v) is 28.9. The predicted molar refractivity (Wildman–Crippen MR) is 302 cm³/mol. The third kappa shape index (κ3) is 55.0. The highest BCUT2D eigenvalue weighted by Crippen LogP contribution is 2.14. The largest absolute Gasteiger partial charge is 0.462 e. The monoisotopic (exact) mass is 971 g/mol. The van der Waals surface area contributed by atoms with Gasteiger partial charge in [0.05, 0.1) is 0 Å². The Bertz CT molecular complexity index is 1440. The highest BCUT2D eigenvalue weighted by molar-refractivity contribution is 5.71. The maximum Gasteiger partial charge on any atom is 0.306 e. The number of hydrogen-bond acceptors (Lipinski definition) is 6. The van der Waals surface area contributed by atoms with E-state index in [0.29, 0.717) is 19.3 Å². The molecule has 1 unspecified atom stereocenters. The summed E-state index contributed by atoms with van der Waals surface area (Å²) >= 11 is 0. The molecule has 0 aromatic carbocycles. The SMILES string of the molecule is CC/C=C\C/C=C\C/C=C\C/C=C\C/C=C\CCCC(=O)OC(COC(=O)CCCCCCCCC/C=C\C/C=C\C/C=C\CC)COC(=O)CCCCCCCCC/C=C\CCCCCCCCC. The maximum atomic E-state index is 12.8. The molecule has 0 saturated carbocycles. The zero-order valence-electron chi connectivity index (χ0n) is 45.5. The molecule has 6 heteroatoms. The lowest BCUT2D eigenvalue weighted by atomic mass is 10.1. The van der Waals surface area contributed by atoms with Crippen molar-refractivity contribution >= 4 is 17.9 Å². The summed E-state index contributed by atoms with van der Waals surface area (Å²) in [5.74, 6) is -0.979. The standard InChI is InChI=1S/C64H106O6/c1-4-7-10-13-16-19-22-25-28-31-34-36-39-42-45-48-51-54-57-63(66)69-60-61(70-64(67)58-55-52-49-46-43-40-37-33-30-27-24-21-18-15-12-9-6-3)59-68-62(65)56-53-50-47-44-41-38-35-32-29-26-23-20-17-14-11-8-5-2/h8-9,11-12,17-18,20-21,26-31,37,40,46,49,61H,4-7,10,13-16,19,22-25,32-36,38-39,41-45,47-48,50-60H2,1-3H3/b11-8-,12-9-,20-17-,21-18-,29-26-,30-27-,31-28-,40-37-,49-46-. The molecule has 1 atom stereocenters. The number of carbonyl (C=O) groups excluding carboxylic acids is 3. The van der Waals surface area contributed by atoms with Crippen LogP contribution in [0.15, 0.2) is 109 Å². The summed E-state index contributed by atoms with van der Waals surface area (Å²) in [6.07, 6.45) is 78.0. The number of hydrogen-bond donors (Lipinski definition) is 0. The Morgan fingerprint density at radius 2 is 0.571 bits per heavy atom. The first-order chi connectivity index (χ1) is 34.5. The summed E-state index contributed by atoms with van der Waals surface area (Å²) in [7, 11) is 0. The lowest BCUT2D eigenvalue weighted by Gasteiger charge is -2.18. The molecule has 0 aliphatic rings. The van der Waals surface area contributed by atoms with Crippen LogP contribution < -0.4 is 0 Å². The Morgan fingerprint density at radius 1 is 0.300 bits per heavy atom. The molecule has 0 aromatic heterocycles. The highest BCUT2D eigenvalue weighted by Gasteiger charge is 2.19. The highest BCUT2D eigenvalue weighted by atomic mass is 16.6. The second-order valence-corrected chi connectivity index (χ2v) is 18.8. The van der Waals surface area contributed by atoms with Gasteiger partial charge in [-0.2, -0.15) is 0 Å². The topological polar surface area (TPSA) is 78.9 Å². The van der Waals surface area contributed by atoms with Crippen molar-refractivity contribution in [3.8, 4) is 0 Å². The van der Waals surface area contributed by atoms with E-state index in [0.717, 1.165) is 103 Å². The van der Waals surface area contributed by atoms with Crippen LogP contribution in [-0.4, -0.2) is 37.2 Å². The van der Waals surface area contributed by atoms with Crippen molar-refractivity contribution in [3.63, 3.8) is 0 Å². The Hall–Kier alpha value is -3.93. The fourth-order valence-corrected chi connectivity index (χ4v) is 7.72.